The minimum atomic E-state index is -4.58. The molecule has 4 aromatic rings. The van der Waals surface area contributed by atoms with Gasteiger partial charge in [0.2, 0.25) is 11.8 Å². The van der Waals surface area contributed by atoms with Crippen LogP contribution in [0.2, 0.25) is 0 Å². The Morgan fingerprint density at radius 2 is 1.87 bits per heavy atom. The van der Waals surface area contributed by atoms with Gasteiger partial charge in [-0.3, -0.25) is 24.4 Å². The molecule has 0 bridgehead atoms. The number of esters is 1. The third-order valence-corrected chi connectivity index (χ3v) is 8.62. The van der Waals surface area contributed by atoms with E-state index in [0.29, 0.717) is 54.5 Å². The SMILES string of the molecule is CC(C)(c1ncc(-c2ccc(F)cc2)o1)N1CCN(C[C@@H]2C[C@@H](Cc3cc4cnccc4o3)C(=O)O2)[C@H](C(=O)NCC(F)(F)F)C1. The number of amides is 1. The van der Waals surface area contributed by atoms with Crippen molar-refractivity contribution in [1.29, 1.82) is 0 Å². The van der Waals surface area contributed by atoms with Crippen molar-refractivity contribution in [3.8, 4) is 11.3 Å². The number of oxazole rings is 1. The van der Waals surface area contributed by atoms with Gasteiger partial charge in [0.15, 0.2) is 5.76 Å². The Kier molecular flexibility index (Phi) is 8.59. The van der Waals surface area contributed by atoms with E-state index in [1.165, 1.54) is 18.3 Å². The van der Waals surface area contributed by atoms with Gasteiger partial charge in [0, 0.05) is 55.9 Å². The summed E-state index contributed by atoms with van der Waals surface area (Å²) in [4.78, 5) is 38.2. The monoisotopic (exact) mass is 643 g/mol. The molecular weight excluding hydrogens is 610 g/mol. The number of alkyl halides is 3. The molecule has 0 radical (unpaired) electrons. The molecule has 1 amide bonds. The van der Waals surface area contributed by atoms with E-state index in [1.807, 2.05) is 30.1 Å². The zero-order valence-corrected chi connectivity index (χ0v) is 25.2. The Hall–Kier alpha value is -4.30. The molecule has 2 fully saturated rings. The molecule has 3 aromatic heterocycles. The van der Waals surface area contributed by atoms with Crippen LogP contribution in [0.3, 0.4) is 0 Å². The summed E-state index contributed by atoms with van der Waals surface area (Å²) in [6.45, 7) is 3.24. The van der Waals surface area contributed by atoms with E-state index in [0.717, 1.165) is 5.39 Å². The zero-order chi connectivity index (χ0) is 32.6. The lowest BCUT2D eigenvalue weighted by Gasteiger charge is -2.46. The molecule has 0 spiro atoms. The molecule has 0 unspecified atom stereocenters. The number of benzene rings is 1. The minimum absolute atomic E-state index is 0.0715. The summed E-state index contributed by atoms with van der Waals surface area (Å²) in [5.41, 5.74) is 0.449. The number of cyclic esters (lactones) is 1. The number of ether oxygens (including phenoxy) is 1. The highest BCUT2D eigenvalue weighted by Gasteiger charge is 2.44. The summed E-state index contributed by atoms with van der Waals surface area (Å²) in [7, 11) is 0. The van der Waals surface area contributed by atoms with Crippen LogP contribution in [-0.2, 0) is 26.3 Å². The molecular formula is C32H33F4N5O5. The molecule has 1 N–H and O–H groups in total. The average molecular weight is 644 g/mol. The van der Waals surface area contributed by atoms with Gasteiger partial charge in [-0.05, 0) is 56.7 Å². The van der Waals surface area contributed by atoms with Gasteiger partial charge in [0.1, 0.15) is 35.9 Å². The maximum Gasteiger partial charge on any atom is 0.405 e. The van der Waals surface area contributed by atoms with Crippen LogP contribution in [0, 0.1) is 11.7 Å². The Balaban J connectivity index is 1.15. The average Bonchev–Trinajstić information content (AvgIpc) is 3.75. The van der Waals surface area contributed by atoms with Crippen LogP contribution in [0.1, 0.15) is 31.9 Å². The van der Waals surface area contributed by atoms with Crippen LogP contribution in [0.15, 0.2) is 63.8 Å². The summed E-state index contributed by atoms with van der Waals surface area (Å²) < 4.78 is 70.1. The first-order chi connectivity index (χ1) is 21.9. The molecule has 0 aliphatic carbocycles. The van der Waals surface area contributed by atoms with Gasteiger partial charge >= 0.3 is 12.1 Å². The third-order valence-electron chi connectivity index (χ3n) is 8.62. The van der Waals surface area contributed by atoms with Gasteiger partial charge in [0.25, 0.3) is 0 Å². The van der Waals surface area contributed by atoms with Crippen LogP contribution in [0.25, 0.3) is 22.3 Å². The Morgan fingerprint density at radius 3 is 2.61 bits per heavy atom. The van der Waals surface area contributed by atoms with E-state index < -0.39 is 42.2 Å². The second-order valence-corrected chi connectivity index (χ2v) is 12.2. The predicted octanol–water partition coefficient (Wildman–Crippen LogP) is 4.70. The van der Waals surface area contributed by atoms with Crippen LogP contribution < -0.4 is 5.32 Å². The van der Waals surface area contributed by atoms with Gasteiger partial charge < -0.3 is 18.9 Å². The molecule has 3 atom stereocenters. The number of hydrogen-bond donors (Lipinski definition) is 1. The van der Waals surface area contributed by atoms with E-state index in [4.69, 9.17) is 13.6 Å². The number of furan rings is 1. The zero-order valence-electron chi connectivity index (χ0n) is 25.2. The van der Waals surface area contributed by atoms with Crippen molar-refractivity contribution in [1.82, 2.24) is 25.1 Å². The van der Waals surface area contributed by atoms with Gasteiger partial charge in [-0.15, -0.1) is 0 Å². The van der Waals surface area contributed by atoms with Crippen molar-refractivity contribution in [2.45, 2.75) is 50.6 Å². The summed E-state index contributed by atoms with van der Waals surface area (Å²) in [6.07, 6.45) is 0.400. The van der Waals surface area contributed by atoms with E-state index in [2.05, 4.69) is 9.97 Å². The molecule has 2 aliphatic rings. The third kappa shape index (κ3) is 6.92. The molecule has 46 heavy (non-hydrogen) atoms. The summed E-state index contributed by atoms with van der Waals surface area (Å²) >= 11 is 0. The van der Waals surface area contributed by atoms with Crippen LogP contribution in [0.4, 0.5) is 17.6 Å². The molecule has 244 valence electrons. The maximum absolute atomic E-state index is 13.4. The van der Waals surface area contributed by atoms with Crippen molar-refractivity contribution < 1.29 is 40.7 Å². The highest BCUT2D eigenvalue weighted by atomic mass is 19.4. The first-order valence-electron chi connectivity index (χ1n) is 14.9. The fraction of sp³-hybridized carbons (Fsp3) is 0.438. The Morgan fingerprint density at radius 1 is 1.09 bits per heavy atom. The van der Waals surface area contributed by atoms with Crippen molar-refractivity contribution in [3.05, 3.63) is 72.5 Å². The number of halogens is 4. The van der Waals surface area contributed by atoms with Crippen molar-refractivity contribution in [2.75, 3.05) is 32.7 Å². The summed E-state index contributed by atoms with van der Waals surface area (Å²) in [5, 5.41) is 2.85. The van der Waals surface area contributed by atoms with Crippen molar-refractivity contribution >= 4 is 22.8 Å². The number of aromatic nitrogens is 2. The second kappa shape index (κ2) is 12.5. The summed E-state index contributed by atoms with van der Waals surface area (Å²) in [5.74, 6) is -0.627. The topological polar surface area (TPSA) is 114 Å². The van der Waals surface area contributed by atoms with E-state index >= 15 is 0 Å². The number of carbonyl (C=O) groups is 2. The van der Waals surface area contributed by atoms with Gasteiger partial charge in [-0.1, -0.05) is 0 Å². The largest absolute Gasteiger partial charge is 0.461 e. The number of piperazine rings is 1. The van der Waals surface area contributed by atoms with Gasteiger partial charge in [-0.2, -0.15) is 13.2 Å². The lowest BCUT2D eigenvalue weighted by Crippen LogP contribution is -2.63. The number of nitrogens with one attached hydrogen (secondary N) is 1. The van der Waals surface area contributed by atoms with Gasteiger partial charge in [-0.25, -0.2) is 9.37 Å². The minimum Gasteiger partial charge on any atom is -0.461 e. The molecule has 14 heteroatoms. The van der Waals surface area contributed by atoms with Gasteiger partial charge in [0.05, 0.1) is 17.7 Å². The first-order valence-corrected chi connectivity index (χ1v) is 14.9. The molecule has 10 nitrogen and oxygen atoms in total. The highest BCUT2D eigenvalue weighted by molar-refractivity contribution is 5.82. The van der Waals surface area contributed by atoms with Crippen LogP contribution in [0.5, 0.6) is 0 Å². The molecule has 5 heterocycles. The predicted molar refractivity (Wildman–Crippen MR) is 157 cm³/mol. The first kappa shape index (κ1) is 31.7. The fourth-order valence-corrected chi connectivity index (χ4v) is 6.09. The Labute approximate surface area is 261 Å². The number of pyridine rings is 1. The Bertz CT molecular complexity index is 1670. The van der Waals surface area contributed by atoms with Crippen molar-refractivity contribution in [3.63, 3.8) is 0 Å². The lowest BCUT2D eigenvalue weighted by atomic mass is 9.97. The van der Waals surface area contributed by atoms with Crippen molar-refractivity contribution in [2.24, 2.45) is 5.92 Å². The normalized spacial score (nSPS) is 21.5. The summed E-state index contributed by atoms with van der Waals surface area (Å²) in [6, 6.07) is 8.37. The standard InChI is InChI=1S/C32H33F4N5O5/c1-31(2,30-38-15-27(46-30)19-3-5-22(33)6-4-19)41-10-9-40(25(17-41)28(42)39-18-32(34,35)36)16-24-12-20(29(43)45-24)11-23-13-21-14-37-8-7-26(21)44-23/h3-8,13-15,20,24-25H,9-12,16-18H2,1-2H3,(H,39,42)/t20-,24+,25+/m1/s1. The number of carbonyl (C=O) groups excluding carboxylic acids is 2. The lowest BCUT2D eigenvalue weighted by molar-refractivity contribution is -0.148. The number of nitrogens with zero attached hydrogens (tertiary/aromatic N) is 4. The fourth-order valence-electron chi connectivity index (χ4n) is 6.09. The highest BCUT2D eigenvalue weighted by Crippen LogP contribution is 2.34. The van der Waals surface area contributed by atoms with Crippen LogP contribution in [-0.4, -0.2) is 82.7 Å². The number of rotatable bonds is 9. The molecule has 2 saturated heterocycles. The molecule has 6 rings (SSSR count). The van der Waals surface area contributed by atoms with Crippen LogP contribution >= 0.6 is 0 Å². The van der Waals surface area contributed by atoms with E-state index in [-0.39, 0.29) is 24.9 Å². The molecule has 0 saturated carbocycles. The quantitative estimate of drug-likeness (QED) is 0.205. The molecule has 1 aromatic carbocycles. The van der Waals surface area contributed by atoms with E-state index in [1.54, 1.807) is 35.5 Å². The molecule has 2 aliphatic heterocycles. The second-order valence-electron chi connectivity index (χ2n) is 12.2. The number of fused-ring (bicyclic) bond motifs is 1. The smallest absolute Gasteiger partial charge is 0.405 e. The van der Waals surface area contributed by atoms with E-state index in [9.17, 15) is 27.2 Å². The maximum atomic E-state index is 13.4. The number of hydrogen-bond acceptors (Lipinski definition) is 9.